The molecule has 1 N–H and O–H groups in total. The molecule has 2 atom stereocenters. The van der Waals surface area contributed by atoms with Crippen LogP contribution in [0.15, 0.2) is 40.7 Å². The predicted octanol–water partition coefficient (Wildman–Crippen LogP) is 3.68. The highest BCUT2D eigenvalue weighted by molar-refractivity contribution is 7.99. The fourth-order valence-electron chi connectivity index (χ4n) is 2.22. The molecule has 0 spiro atoms. The van der Waals surface area contributed by atoms with Crippen LogP contribution in [0.3, 0.4) is 0 Å². The van der Waals surface area contributed by atoms with E-state index in [1.807, 2.05) is 23.3 Å². The lowest BCUT2D eigenvalue weighted by Crippen LogP contribution is -2.25. The number of nitrogens with one attached hydrogen (secondary N) is 1. The summed E-state index contributed by atoms with van der Waals surface area (Å²) in [5, 5.41) is 6.94. The largest absolute Gasteiger partial charge is 0.308 e. The van der Waals surface area contributed by atoms with E-state index in [1.165, 1.54) is 15.5 Å². The Labute approximate surface area is 116 Å². The molecular weight excluding hydrogens is 260 g/mol. The van der Waals surface area contributed by atoms with Gasteiger partial charge in [0, 0.05) is 40.7 Å². The van der Waals surface area contributed by atoms with Crippen LogP contribution in [0.2, 0.25) is 0 Å². The van der Waals surface area contributed by atoms with Crippen LogP contribution in [0.4, 0.5) is 0 Å². The topological polar surface area (TPSA) is 24.9 Å². The van der Waals surface area contributed by atoms with Gasteiger partial charge in [0.2, 0.25) is 0 Å². The molecule has 0 radical (unpaired) electrons. The van der Waals surface area contributed by atoms with Gasteiger partial charge < -0.3 is 5.32 Å². The zero-order chi connectivity index (χ0) is 12.4. The molecule has 2 heterocycles. The second-order valence-electron chi connectivity index (χ2n) is 4.58. The van der Waals surface area contributed by atoms with E-state index >= 15 is 0 Å². The number of benzene rings is 1. The van der Waals surface area contributed by atoms with Crippen molar-refractivity contribution in [1.82, 2.24) is 10.3 Å². The molecule has 18 heavy (non-hydrogen) atoms. The molecule has 0 saturated carbocycles. The molecule has 0 fully saturated rings. The lowest BCUT2D eigenvalue weighted by Gasteiger charge is -2.16. The second-order valence-corrected chi connectivity index (χ2v) is 6.57. The highest BCUT2D eigenvalue weighted by Crippen LogP contribution is 2.37. The minimum Gasteiger partial charge on any atom is -0.308 e. The first-order valence-corrected chi connectivity index (χ1v) is 8.05. The highest BCUT2D eigenvalue weighted by atomic mass is 32.2. The van der Waals surface area contributed by atoms with Gasteiger partial charge >= 0.3 is 0 Å². The number of hydrogen-bond donors (Lipinski definition) is 1. The maximum absolute atomic E-state index is 4.38. The van der Waals surface area contributed by atoms with Gasteiger partial charge in [-0.3, -0.25) is 0 Å². The second kappa shape index (κ2) is 5.43. The number of nitrogens with zero attached hydrogens (tertiary/aromatic N) is 1. The van der Waals surface area contributed by atoms with Gasteiger partial charge in [0.1, 0.15) is 0 Å². The summed E-state index contributed by atoms with van der Waals surface area (Å²) in [6, 6.07) is 9.19. The van der Waals surface area contributed by atoms with Crippen molar-refractivity contribution in [2.24, 2.45) is 0 Å². The van der Waals surface area contributed by atoms with Crippen LogP contribution in [-0.2, 0) is 0 Å². The summed E-state index contributed by atoms with van der Waals surface area (Å²) in [4.78, 5) is 5.81. The lowest BCUT2D eigenvalue weighted by atomic mass is 10.1. The molecule has 1 aliphatic rings. The zero-order valence-corrected chi connectivity index (χ0v) is 11.9. The van der Waals surface area contributed by atoms with Gasteiger partial charge in [-0.25, -0.2) is 4.98 Å². The monoisotopic (exact) mass is 276 g/mol. The van der Waals surface area contributed by atoms with E-state index in [2.05, 4.69) is 41.5 Å². The van der Waals surface area contributed by atoms with Gasteiger partial charge in [-0.15, -0.1) is 23.1 Å². The third-order valence-corrected chi connectivity index (χ3v) is 5.43. The Morgan fingerprint density at radius 1 is 1.44 bits per heavy atom. The van der Waals surface area contributed by atoms with Crippen molar-refractivity contribution in [2.45, 2.75) is 23.8 Å². The van der Waals surface area contributed by atoms with Gasteiger partial charge in [-0.05, 0) is 11.6 Å². The summed E-state index contributed by atoms with van der Waals surface area (Å²) >= 11 is 3.69. The SMILES string of the molecule is CC(CNC1CSc2ccccc21)c1nccs1. The predicted molar refractivity (Wildman–Crippen MR) is 78.4 cm³/mol. The third-order valence-electron chi connectivity index (χ3n) is 3.24. The number of fused-ring (bicyclic) bond motifs is 1. The van der Waals surface area contributed by atoms with Crippen molar-refractivity contribution in [2.75, 3.05) is 12.3 Å². The Bertz CT molecular complexity index is 510. The van der Waals surface area contributed by atoms with E-state index in [4.69, 9.17) is 0 Å². The normalized spacial score (nSPS) is 19.7. The molecule has 1 aliphatic heterocycles. The standard InChI is InChI=1S/C14H16N2S2/c1-10(14-15-6-7-17-14)8-16-12-9-18-13-5-3-2-4-11(12)13/h2-7,10,12,16H,8-9H2,1H3. The summed E-state index contributed by atoms with van der Waals surface area (Å²) in [5.41, 5.74) is 1.45. The summed E-state index contributed by atoms with van der Waals surface area (Å²) in [6.45, 7) is 3.23. The molecule has 0 bridgehead atoms. The molecule has 2 aromatic rings. The number of thioether (sulfide) groups is 1. The molecule has 1 aromatic heterocycles. The lowest BCUT2D eigenvalue weighted by molar-refractivity contribution is 0.542. The van der Waals surface area contributed by atoms with Gasteiger partial charge in [0.15, 0.2) is 0 Å². The van der Waals surface area contributed by atoms with Crippen LogP contribution in [0.1, 0.15) is 29.5 Å². The van der Waals surface area contributed by atoms with Crippen LogP contribution in [-0.4, -0.2) is 17.3 Å². The Morgan fingerprint density at radius 2 is 2.33 bits per heavy atom. The van der Waals surface area contributed by atoms with E-state index < -0.39 is 0 Å². The average Bonchev–Trinajstić information content (AvgIpc) is 3.06. The van der Waals surface area contributed by atoms with Crippen molar-refractivity contribution >= 4 is 23.1 Å². The molecule has 1 aromatic carbocycles. The molecule has 0 saturated heterocycles. The third kappa shape index (κ3) is 2.46. The number of aromatic nitrogens is 1. The van der Waals surface area contributed by atoms with Gasteiger partial charge in [0.25, 0.3) is 0 Å². The first-order chi connectivity index (χ1) is 8.84. The summed E-state index contributed by atoms with van der Waals surface area (Å²) < 4.78 is 0. The van der Waals surface area contributed by atoms with Crippen LogP contribution < -0.4 is 5.32 Å². The van der Waals surface area contributed by atoms with E-state index in [-0.39, 0.29) is 0 Å². The Hall–Kier alpha value is -0.840. The molecule has 2 nitrogen and oxygen atoms in total. The van der Waals surface area contributed by atoms with Crippen LogP contribution in [0.25, 0.3) is 0 Å². The maximum Gasteiger partial charge on any atom is 0.0965 e. The van der Waals surface area contributed by atoms with E-state index in [0.29, 0.717) is 12.0 Å². The number of rotatable bonds is 4. The van der Waals surface area contributed by atoms with Gasteiger partial charge in [0.05, 0.1) is 5.01 Å². The fourth-order valence-corrected chi connectivity index (χ4v) is 4.11. The van der Waals surface area contributed by atoms with Gasteiger partial charge in [-0.1, -0.05) is 25.1 Å². The number of thiazole rings is 1. The molecule has 4 heteroatoms. The fraction of sp³-hybridized carbons (Fsp3) is 0.357. The number of hydrogen-bond acceptors (Lipinski definition) is 4. The minimum absolute atomic E-state index is 0.489. The quantitative estimate of drug-likeness (QED) is 0.922. The molecule has 0 amide bonds. The van der Waals surface area contributed by atoms with Crippen molar-refractivity contribution in [3.8, 4) is 0 Å². The van der Waals surface area contributed by atoms with Crippen LogP contribution >= 0.6 is 23.1 Å². The van der Waals surface area contributed by atoms with Crippen molar-refractivity contribution in [3.05, 3.63) is 46.4 Å². The molecule has 2 unspecified atom stereocenters. The zero-order valence-electron chi connectivity index (χ0n) is 10.3. The van der Waals surface area contributed by atoms with E-state index in [0.717, 1.165) is 12.3 Å². The van der Waals surface area contributed by atoms with Crippen LogP contribution in [0.5, 0.6) is 0 Å². The summed E-state index contributed by atoms with van der Waals surface area (Å²) in [7, 11) is 0. The smallest absolute Gasteiger partial charge is 0.0965 e. The minimum atomic E-state index is 0.489. The van der Waals surface area contributed by atoms with Crippen molar-refractivity contribution in [3.63, 3.8) is 0 Å². The average molecular weight is 276 g/mol. The first kappa shape index (κ1) is 12.2. The van der Waals surface area contributed by atoms with E-state index in [9.17, 15) is 0 Å². The first-order valence-electron chi connectivity index (χ1n) is 6.19. The molecule has 0 aliphatic carbocycles. The maximum atomic E-state index is 4.38. The van der Waals surface area contributed by atoms with Gasteiger partial charge in [-0.2, -0.15) is 0 Å². The molecular formula is C14H16N2S2. The Kier molecular flexibility index (Phi) is 3.68. The highest BCUT2D eigenvalue weighted by Gasteiger charge is 2.22. The summed E-state index contributed by atoms with van der Waals surface area (Å²) in [6.07, 6.45) is 1.89. The molecule has 3 rings (SSSR count). The van der Waals surface area contributed by atoms with E-state index in [1.54, 1.807) is 11.3 Å². The van der Waals surface area contributed by atoms with Crippen molar-refractivity contribution in [1.29, 1.82) is 0 Å². The Balaban J connectivity index is 1.62. The van der Waals surface area contributed by atoms with Crippen molar-refractivity contribution < 1.29 is 0 Å². The van der Waals surface area contributed by atoms with Crippen LogP contribution in [0, 0.1) is 0 Å². The molecule has 94 valence electrons. The summed E-state index contributed by atoms with van der Waals surface area (Å²) in [5.74, 6) is 1.63. The Morgan fingerprint density at radius 3 is 3.17 bits per heavy atom.